The molecule has 4 nitrogen and oxygen atoms in total. The highest BCUT2D eigenvalue weighted by atomic mass is 16.6. The highest BCUT2D eigenvalue weighted by Crippen LogP contribution is 2.32. The first-order valence-corrected chi connectivity index (χ1v) is 6.22. The molecule has 0 radical (unpaired) electrons. The molecule has 0 unspecified atom stereocenters. The normalized spacial score (nSPS) is 13.4. The Balaban J connectivity index is 2.37. The number of amides is 1. The molecule has 1 aromatic carbocycles. The first-order valence-electron chi connectivity index (χ1n) is 6.22. The molecule has 1 amide bonds. The lowest BCUT2D eigenvalue weighted by atomic mass is 10.1. The number of hydrogen-bond donors (Lipinski definition) is 0. The third-order valence-electron chi connectivity index (χ3n) is 2.75. The zero-order chi connectivity index (χ0) is 14.9. The van der Waals surface area contributed by atoms with Crippen LogP contribution in [0.15, 0.2) is 18.2 Å². The molecule has 2 rings (SSSR count). The second-order valence-electron chi connectivity index (χ2n) is 5.47. The minimum Gasteiger partial charge on any atom is -0.442 e. The molecule has 4 heteroatoms. The molecule has 0 aromatic heterocycles. The number of anilines is 1. The van der Waals surface area contributed by atoms with Crippen molar-refractivity contribution in [2.24, 2.45) is 0 Å². The Kier molecular flexibility index (Phi) is 3.34. The quantitative estimate of drug-likeness (QED) is 0.678. The minimum absolute atomic E-state index is 0.431. The van der Waals surface area contributed by atoms with Crippen LogP contribution in [0.25, 0.3) is 0 Å². The van der Waals surface area contributed by atoms with Gasteiger partial charge in [0.15, 0.2) is 0 Å². The SMILES string of the molecule is C#Cc1ccc2c(c1)CN(C#C)N2C(=O)OC(C)(C)C. The van der Waals surface area contributed by atoms with Crippen LogP contribution in [-0.2, 0) is 11.3 Å². The molecule has 0 bridgehead atoms. The lowest BCUT2D eigenvalue weighted by Gasteiger charge is -2.28. The van der Waals surface area contributed by atoms with E-state index in [2.05, 4.69) is 12.0 Å². The molecule has 1 heterocycles. The average molecular weight is 268 g/mol. The average Bonchev–Trinajstić information content (AvgIpc) is 2.73. The third-order valence-corrected chi connectivity index (χ3v) is 2.75. The number of carbonyl (C=O) groups excluding carboxylic acids is 1. The van der Waals surface area contributed by atoms with E-state index >= 15 is 0 Å². The van der Waals surface area contributed by atoms with Gasteiger partial charge >= 0.3 is 6.09 Å². The van der Waals surface area contributed by atoms with Gasteiger partial charge in [0.1, 0.15) is 5.60 Å². The molecule has 0 spiro atoms. The highest BCUT2D eigenvalue weighted by molar-refractivity contribution is 5.89. The van der Waals surface area contributed by atoms with Crippen molar-refractivity contribution in [2.75, 3.05) is 5.01 Å². The van der Waals surface area contributed by atoms with E-state index in [-0.39, 0.29) is 0 Å². The van der Waals surface area contributed by atoms with Gasteiger partial charge in [0.25, 0.3) is 0 Å². The Bertz CT molecular complexity index is 629. The number of carbonyl (C=O) groups is 1. The van der Waals surface area contributed by atoms with Crippen molar-refractivity contribution in [3.63, 3.8) is 0 Å². The molecular weight excluding hydrogens is 252 g/mol. The van der Waals surface area contributed by atoms with Crippen molar-refractivity contribution < 1.29 is 9.53 Å². The van der Waals surface area contributed by atoms with Gasteiger partial charge < -0.3 is 4.74 Å². The Morgan fingerprint density at radius 1 is 1.35 bits per heavy atom. The van der Waals surface area contributed by atoms with Crippen molar-refractivity contribution >= 4 is 11.8 Å². The van der Waals surface area contributed by atoms with Gasteiger partial charge in [-0.3, -0.25) is 0 Å². The lowest BCUT2D eigenvalue weighted by molar-refractivity contribution is 0.0513. The number of fused-ring (bicyclic) bond motifs is 1. The zero-order valence-corrected chi connectivity index (χ0v) is 11.8. The van der Waals surface area contributed by atoms with Crippen molar-refractivity contribution in [1.82, 2.24) is 5.01 Å². The Morgan fingerprint density at radius 2 is 2.05 bits per heavy atom. The molecule has 0 saturated carbocycles. The van der Waals surface area contributed by atoms with Gasteiger partial charge in [0.2, 0.25) is 0 Å². The number of nitrogens with zero attached hydrogens (tertiary/aromatic N) is 2. The van der Waals surface area contributed by atoms with Gasteiger partial charge in [-0.15, -0.1) is 6.42 Å². The van der Waals surface area contributed by atoms with E-state index in [1.807, 2.05) is 26.8 Å². The van der Waals surface area contributed by atoms with Gasteiger partial charge in [-0.05, 0) is 39.0 Å². The minimum atomic E-state index is -0.584. The predicted octanol–water partition coefficient (Wildman–Crippen LogP) is 2.73. The topological polar surface area (TPSA) is 32.8 Å². The maximum Gasteiger partial charge on any atom is 0.434 e. The van der Waals surface area contributed by atoms with Gasteiger partial charge in [-0.2, -0.15) is 5.01 Å². The summed E-state index contributed by atoms with van der Waals surface area (Å²) in [6, 6.07) is 7.88. The number of terminal acetylenes is 2. The molecule has 1 aliphatic heterocycles. The second-order valence-corrected chi connectivity index (χ2v) is 5.47. The van der Waals surface area contributed by atoms with Crippen LogP contribution in [0.3, 0.4) is 0 Å². The molecule has 0 aliphatic carbocycles. The van der Waals surface area contributed by atoms with E-state index in [0.717, 1.165) is 11.1 Å². The van der Waals surface area contributed by atoms with Crippen LogP contribution in [0.2, 0.25) is 0 Å². The fourth-order valence-electron chi connectivity index (χ4n) is 1.98. The molecular formula is C16H16N2O2. The fourth-order valence-corrected chi connectivity index (χ4v) is 1.98. The predicted molar refractivity (Wildman–Crippen MR) is 77.5 cm³/mol. The van der Waals surface area contributed by atoms with E-state index < -0.39 is 11.7 Å². The highest BCUT2D eigenvalue weighted by Gasteiger charge is 2.34. The Hall–Kier alpha value is -2.59. The van der Waals surface area contributed by atoms with E-state index in [9.17, 15) is 4.79 Å². The van der Waals surface area contributed by atoms with Crippen LogP contribution in [0, 0.1) is 24.8 Å². The van der Waals surface area contributed by atoms with Crippen LogP contribution in [0.5, 0.6) is 0 Å². The molecule has 0 fully saturated rings. The molecule has 0 N–H and O–H groups in total. The first-order chi connectivity index (χ1) is 9.35. The van der Waals surface area contributed by atoms with E-state index in [1.165, 1.54) is 10.0 Å². The summed E-state index contributed by atoms with van der Waals surface area (Å²) in [6.45, 7) is 5.86. The summed E-state index contributed by atoms with van der Waals surface area (Å²) in [5.41, 5.74) is 1.78. The van der Waals surface area contributed by atoms with Crippen LogP contribution in [0.4, 0.5) is 10.5 Å². The third kappa shape index (κ3) is 2.55. The van der Waals surface area contributed by atoms with Crippen LogP contribution in [0.1, 0.15) is 31.9 Å². The van der Waals surface area contributed by atoms with E-state index in [0.29, 0.717) is 12.2 Å². The van der Waals surface area contributed by atoms with E-state index in [4.69, 9.17) is 17.6 Å². The Labute approximate surface area is 119 Å². The Morgan fingerprint density at radius 3 is 2.60 bits per heavy atom. The summed E-state index contributed by atoms with van der Waals surface area (Å²) in [6.07, 6.45) is 10.3. The zero-order valence-electron chi connectivity index (χ0n) is 11.8. The maximum absolute atomic E-state index is 12.3. The number of benzene rings is 1. The maximum atomic E-state index is 12.3. The van der Waals surface area contributed by atoms with Gasteiger partial charge in [-0.1, -0.05) is 12.3 Å². The second kappa shape index (κ2) is 4.83. The number of ether oxygens (including phenoxy) is 1. The summed E-state index contributed by atoms with van der Waals surface area (Å²) < 4.78 is 5.38. The number of hydrazine groups is 1. The molecule has 0 saturated heterocycles. The van der Waals surface area contributed by atoms with Crippen molar-refractivity contribution in [3.8, 4) is 24.8 Å². The largest absolute Gasteiger partial charge is 0.442 e. The molecule has 1 aromatic rings. The number of hydrogen-bond acceptors (Lipinski definition) is 3. The summed E-state index contributed by atoms with van der Waals surface area (Å²) in [5, 5.41) is 2.83. The van der Waals surface area contributed by atoms with Crippen molar-refractivity contribution in [2.45, 2.75) is 32.9 Å². The van der Waals surface area contributed by atoms with Gasteiger partial charge in [-0.25, -0.2) is 9.80 Å². The van der Waals surface area contributed by atoms with Crippen molar-refractivity contribution in [1.29, 1.82) is 0 Å². The van der Waals surface area contributed by atoms with Gasteiger partial charge in [0.05, 0.1) is 12.2 Å². The first kappa shape index (κ1) is 13.8. The summed E-state index contributed by atoms with van der Waals surface area (Å²) in [4.78, 5) is 12.3. The fraction of sp³-hybridized carbons (Fsp3) is 0.312. The lowest BCUT2D eigenvalue weighted by Crippen LogP contribution is -2.42. The van der Waals surface area contributed by atoms with Crippen molar-refractivity contribution in [3.05, 3.63) is 29.3 Å². The van der Waals surface area contributed by atoms with Crippen LogP contribution < -0.4 is 5.01 Å². The summed E-state index contributed by atoms with van der Waals surface area (Å²) >= 11 is 0. The molecule has 0 atom stereocenters. The molecule has 1 aliphatic rings. The van der Waals surface area contributed by atoms with E-state index in [1.54, 1.807) is 12.1 Å². The monoisotopic (exact) mass is 268 g/mol. The van der Waals surface area contributed by atoms with Crippen LogP contribution >= 0.6 is 0 Å². The van der Waals surface area contributed by atoms with Gasteiger partial charge in [0, 0.05) is 17.2 Å². The van der Waals surface area contributed by atoms with Crippen LogP contribution in [-0.4, -0.2) is 16.7 Å². The summed E-state index contributed by atoms with van der Waals surface area (Å²) in [7, 11) is 0. The standard InChI is InChI=1S/C16H16N2O2/c1-6-12-8-9-14-13(10-12)11-17(7-2)18(14)15(19)20-16(3,4)5/h1-2,8-10H,11H2,3-5H3. The number of rotatable bonds is 0. The molecule has 20 heavy (non-hydrogen) atoms. The summed E-state index contributed by atoms with van der Waals surface area (Å²) in [5.74, 6) is 2.57. The smallest absolute Gasteiger partial charge is 0.434 e. The molecule has 102 valence electrons.